The molecule has 94 heavy (non-hydrogen) atoms. The Morgan fingerprint density at radius 1 is 0.298 bits per heavy atom. The van der Waals surface area contributed by atoms with Gasteiger partial charge in [0.05, 0.1) is 26.4 Å². The monoisotopic (exact) mass is 1380 g/mol. The summed E-state index contributed by atoms with van der Waals surface area (Å²) in [5.74, 6) is 0.901. The standard InChI is InChI=1S/C75H146O17P2/c1-9-67(7)53-45-37-28-24-19-17-15-13-11-12-14-16-18-20-26-30-41-49-57-74(79)91-70(61-85-72(77)55-47-39-29-25-22-21-23-27-35-43-51-65(3)4)63-89-93(81,82)87-59-69(76)60-88-94(83,84)90-64-71(62-86-73(78)56-48-40-33-31-36-44-52-66(5)6)92-75(80)58-50-42-34-32-38-46-54-68(8)10-2/h65-71,76H,9-64H2,1-8H3,(H,81,82)(H,83,84)/t67?,68?,69-,70-,71-/m1/s1. The van der Waals surface area contributed by atoms with Crippen LogP contribution in [0.15, 0.2) is 0 Å². The Kier molecular flexibility index (Phi) is 63.1. The van der Waals surface area contributed by atoms with Crippen LogP contribution in [0.1, 0.15) is 376 Å². The minimum Gasteiger partial charge on any atom is -0.462 e. The SMILES string of the molecule is CCC(C)CCCCCCCCCCCCCCCCCCCCC(=O)O[C@H](COC(=O)CCCCCCCCCCCCC(C)C)COP(=O)(O)OC[C@@H](O)COP(=O)(O)OC[C@@H](COC(=O)CCCCCCCCC(C)C)OC(=O)CCCCCCCCC(C)CC. The van der Waals surface area contributed by atoms with Crippen LogP contribution >= 0.6 is 15.6 Å². The Hall–Kier alpha value is -1.94. The van der Waals surface area contributed by atoms with E-state index in [0.717, 1.165) is 114 Å². The molecule has 17 nitrogen and oxygen atoms in total. The van der Waals surface area contributed by atoms with Gasteiger partial charge in [-0.1, -0.05) is 325 Å². The first-order valence-corrected chi connectivity index (χ1v) is 41.8. The molecule has 0 saturated heterocycles. The summed E-state index contributed by atoms with van der Waals surface area (Å²) < 4.78 is 68.4. The molecule has 0 aromatic rings. The maximum atomic E-state index is 13.1. The van der Waals surface area contributed by atoms with E-state index < -0.39 is 97.5 Å². The summed E-state index contributed by atoms with van der Waals surface area (Å²) in [6, 6.07) is 0. The first kappa shape index (κ1) is 92.1. The third kappa shape index (κ3) is 66.0. The molecule has 0 saturated carbocycles. The van der Waals surface area contributed by atoms with E-state index in [9.17, 15) is 43.2 Å². The van der Waals surface area contributed by atoms with Crippen molar-refractivity contribution in [2.45, 2.75) is 395 Å². The van der Waals surface area contributed by atoms with Gasteiger partial charge in [-0.05, 0) is 49.4 Å². The second kappa shape index (κ2) is 64.4. The highest BCUT2D eigenvalue weighted by molar-refractivity contribution is 7.47. The highest BCUT2D eigenvalue weighted by Crippen LogP contribution is 2.45. The summed E-state index contributed by atoms with van der Waals surface area (Å²) in [5, 5.41) is 10.6. The lowest BCUT2D eigenvalue weighted by atomic mass is 9.99. The second-order valence-corrected chi connectivity index (χ2v) is 31.4. The van der Waals surface area contributed by atoms with Crippen LogP contribution < -0.4 is 0 Å². The van der Waals surface area contributed by atoms with Gasteiger partial charge in [-0.2, -0.15) is 0 Å². The summed E-state index contributed by atoms with van der Waals surface area (Å²) in [4.78, 5) is 72.6. The third-order valence-corrected chi connectivity index (χ3v) is 19.9. The lowest BCUT2D eigenvalue weighted by Crippen LogP contribution is -2.30. The van der Waals surface area contributed by atoms with Crippen molar-refractivity contribution in [1.29, 1.82) is 0 Å². The lowest BCUT2D eigenvalue weighted by molar-refractivity contribution is -0.161. The van der Waals surface area contributed by atoms with Crippen molar-refractivity contribution in [2.24, 2.45) is 23.7 Å². The molecule has 0 fully saturated rings. The van der Waals surface area contributed by atoms with Gasteiger partial charge in [-0.25, -0.2) is 9.13 Å². The van der Waals surface area contributed by atoms with Crippen molar-refractivity contribution in [3.05, 3.63) is 0 Å². The number of esters is 4. The number of phosphoric acid groups is 2. The van der Waals surface area contributed by atoms with Gasteiger partial charge < -0.3 is 33.8 Å². The van der Waals surface area contributed by atoms with E-state index in [0.29, 0.717) is 31.6 Å². The predicted octanol–water partition coefficient (Wildman–Crippen LogP) is 21.7. The third-order valence-electron chi connectivity index (χ3n) is 18.0. The van der Waals surface area contributed by atoms with E-state index in [4.69, 9.17) is 37.0 Å². The van der Waals surface area contributed by atoms with Crippen molar-refractivity contribution in [2.75, 3.05) is 39.6 Å². The van der Waals surface area contributed by atoms with Crippen molar-refractivity contribution < 1.29 is 80.2 Å². The Balaban J connectivity index is 5.17. The summed E-state index contributed by atoms with van der Waals surface area (Å²) in [7, 11) is -9.91. The molecule has 4 unspecified atom stereocenters. The van der Waals surface area contributed by atoms with Gasteiger partial charge in [-0.15, -0.1) is 0 Å². The van der Waals surface area contributed by atoms with Crippen molar-refractivity contribution in [1.82, 2.24) is 0 Å². The maximum Gasteiger partial charge on any atom is 0.472 e. The highest BCUT2D eigenvalue weighted by Gasteiger charge is 2.30. The van der Waals surface area contributed by atoms with E-state index in [1.54, 1.807) is 0 Å². The molecule has 0 aromatic carbocycles. The van der Waals surface area contributed by atoms with Gasteiger partial charge in [0.25, 0.3) is 0 Å². The fourth-order valence-electron chi connectivity index (χ4n) is 11.3. The Labute approximate surface area is 575 Å². The largest absolute Gasteiger partial charge is 0.472 e. The smallest absolute Gasteiger partial charge is 0.462 e. The summed E-state index contributed by atoms with van der Waals surface area (Å²) >= 11 is 0. The Morgan fingerprint density at radius 3 is 0.755 bits per heavy atom. The van der Waals surface area contributed by atoms with E-state index >= 15 is 0 Å². The number of carbonyl (C=O) groups excluding carboxylic acids is 4. The maximum absolute atomic E-state index is 13.1. The van der Waals surface area contributed by atoms with Gasteiger partial charge in [0, 0.05) is 25.7 Å². The number of aliphatic hydroxyl groups excluding tert-OH is 1. The molecule has 7 atom stereocenters. The van der Waals surface area contributed by atoms with Crippen LogP contribution in [0.25, 0.3) is 0 Å². The zero-order chi connectivity index (χ0) is 69.6. The Morgan fingerprint density at radius 2 is 0.511 bits per heavy atom. The molecule has 0 radical (unpaired) electrons. The van der Waals surface area contributed by atoms with Gasteiger partial charge >= 0.3 is 39.5 Å². The van der Waals surface area contributed by atoms with E-state index in [1.807, 2.05) is 0 Å². The fraction of sp³-hybridized carbons (Fsp3) is 0.947. The molecule has 3 N–H and O–H groups in total. The molecule has 0 amide bonds. The molecule has 0 aliphatic rings. The average Bonchev–Trinajstić information content (AvgIpc) is 1.44. The average molecular weight is 1380 g/mol. The molecule has 0 aliphatic carbocycles. The van der Waals surface area contributed by atoms with Crippen LogP contribution in [-0.4, -0.2) is 96.7 Å². The first-order chi connectivity index (χ1) is 45.2. The molecule has 0 spiro atoms. The molecular weight excluding hydrogens is 1230 g/mol. The second-order valence-electron chi connectivity index (χ2n) is 28.5. The number of phosphoric ester groups is 2. The van der Waals surface area contributed by atoms with Crippen LogP contribution in [-0.2, 0) is 65.4 Å². The van der Waals surface area contributed by atoms with Crippen LogP contribution in [0.2, 0.25) is 0 Å². The molecule has 0 aliphatic heterocycles. The van der Waals surface area contributed by atoms with Crippen molar-refractivity contribution in [3.63, 3.8) is 0 Å². The van der Waals surface area contributed by atoms with Gasteiger partial charge in [0.2, 0.25) is 0 Å². The van der Waals surface area contributed by atoms with E-state index in [2.05, 4.69) is 55.4 Å². The molecule has 0 rings (SSSR count). The predicted molar refractivity (Wildman–Crippen MR) is 381 cm³/mol. The molecule has 558 valence electrons. The number of aliphatic hydroxyl groups is 1. The quantitative estimate of drug-likeness (QED) is 0.0222. The van der Waals surface area contributed by atoms with E-state index in [-0.39, 0.29) is 25.7 Å². The van der Waals surface area contributed by atoms with Crippen LogP contribution in [0, 0.1) is 23.7 Å². The molecule has 19 heteroatoms. The Bertz CT molecular complexity index is 1850. The van der Waals surface area contributed by atoms with E-state index in [1.165, 1.54) is 173 Å². The number of hydrogen-bond acceptors (Lipinski definition) is 15. The van der Waals surface area contributed by atoms with Gasteiger partial charge in [-0.3, -0.25) is 37.3 Å². The van der Waals surface area contributed by atoms with Crippen LogP contribution in [0.4, 0.5) is 0 Å². The van der Waals surface area contributed by atoms with Gasteiger partial charge in [0.15, 0.2) is 12.2 Å². The number of carbonyl (C=O) groups is 4. The highest BCUT2D eigenvalue weighted by atomic mass is 31.2. The minimum atomic E-state index is -4.96. The van der Waals surface area contributed by atoms with Gasteiger partial charge in [0.1, 0.15) is 19.3 Å². The van der Waals surface area contributed by atoms with Crippen LogP contribution in [0.5, 0.6) is 0 Å². The summed E-state index contributed by atoms with van der Waals surface area (Å²) in [5.41, 5.74) is 0. The number of ether oxygens (including phenoxy) is 4. The summed E-state index contributed by atoms with van der Waals surface area (Å²) in [6.45, 7) is 14.1. The van der Waals surface area contributed by atoms with Crippen LogP contribution in [0.3, 0.4) is 0 Å². The molecular formula is C75H146O17P2. The zero-order valence-corrected chi connectivity index (χ0v) is 63.4. The van der Waals surface area contributed by atoms with Crippen molar-refractivity contribution >= 4 is 39.5 Å². The topological polar surface area (TPSA) is 237 Å². The summed E-state index contributed by atoms with van der Waals surface area (Å²) in [6.07, 6.45) is 48.9. The molecule has 0 bridgehead atoms. The normalized spacial score (nSPS) is 14.7. The number of hydrogen-bond donors (Lipinski definition) is 3. The number of unbranched alkanes of at least 4 members (excludes halogenated alkanes) is 36. The number of rotatable bonds is 72. The minimum absolute atomic E-state index is 0.102. The first-order valence-electron chi connectivity index (χ1n) is 38.8. The zero-order valence-electron chi connectivity index (χ0n) is 61.6. The molecule has 0 aromatic heterocycles. The molecule has 0 heterocycles. The lowest BCUT2D eigenvalue weighted by Gasteiger charge is -2.21. The van der Waals surface area contributed by atoms with Crippen molar-refractivity contribution in [3.8, 4) is 0 Å². The fourth-order valence-corrected chi connectivity index (χ4v) is 12.9.